The van der Waals surface area contributed by atoms with E-state index < -0.39 is 5.89 Å². The van der Waals surface area contributed by atoms with Gasteiger partial charge in [0.1, 0.15) is 28.0 Å². The Hall–Kier alpha value is -5.61. The Bertz CT molecular complexity index is 2980. The highest BCUT2D eigenvalue weighted by Crippen LogP contribution is 2.44. The van der Waals surface area contributed by atoms with Gasteiger partial charge in [0, 0.05) is 34.0 Å². The SMILES string of the molecule is [2H]C1(c2cccc3c2oc2ccc(-c4ccc5c(c4)oc4c(-c6n(-c7c(C(C)C)cccc7C(C)C)c7ccccc7[n+]6C)c(C)ccc45)cc23)CCCCC1. The monoisotopic (exact) mass is 722 g/mol. The van der Waals surface area contributed by atoms with E-state index in [2.05, 4.69) is 160 Å². The molecule has 0 spiro atoms. The quantitative estimate of drug-likeness (QED) is 0.160. The molecule has 3 heterocycles. The van der Waals surface area contributed by atoms with Gasteiger partial charge in [-0.25, -0.2) is 4.57 Å². The molecule has 1 aliphatic rings. The summed E-state index contributed by atoms with van der Waals surface area (Å²) in [6, 6.07) is 39.5. The number of hydrogen-bond acceptors (Lipinski definition) is 2. The Balaban J connectivity index is 1.16. The largest absolute Gasteiger partial charge is 0.456 e. The average molecular weight is 723 g/mol. The number of furan rings is 2. The first-order chi connectivity index (χ1) is 27.1. The van der Waals surface area contributed by atoms with Gasteiger partial charge in [-0.2, -0.15) is 4.57 Å². The minimum Gasteiger partial charge on any atom is -0.456 e. The zero-order chi connectivity index (χ0) is 38.5. The third kappa shape index (κ3) is 5.28. The van der Waals surface area contributed by atoms with Gasteiger partial charge in [-0.1, -0.05) is 120 Å². The van der Waals surface area contributed by atoms with Crippen LogP contribution < -0.4 is 4.57 Å². The predicted octanol–water partition coefficient (Wildman–Crippen LogP) is 14.2. The van der Waals surface area contributed by atoms with Crippen LogP contribution in [0.4, 0.5) is 0 Å². The predicted molar refractivity (Wildman–Crippen MR) is 229 cm³/mol. The van der Waals surface area contributed by atoms with Crippen molar-refractivity contribution >= 4 is 54.9 Å². The van der Waals surface area contributed by atoms with Gasteiger partial charge in [0.05, 0.1) is 7.05 Å². The van der Waals surface area contributed by atoms with Crippen molar-refractivity contribution in [2.75, 3.05) is 0 Å². The van der Waals surface area contributed by atoms with Crippen LogP contribution in [0.2, 0.25) is 0 Å². The molecule has 0 atom stereocenters. The molecular formula is C51H49N2O2+. The maximum atomic E-state index is 9.37. The van der Waals surface area contributed by atoms with E-state index in [9.17, 15) is 1.37 Å². The standard InChI is InChI=1S/C51H49N2O2/c1-30(2)36-16-12-17-37(31(3)4)48(36)53-44-21-11-10-20-43(44)52(6)51(53)47-32(5)22-25-41-39-26-23-35(29-46(39)55-50(41)47)34-24-27-45-42(28-34)40-19-13-18-38(49(40)54-45)33-14-8-7-9-15-33/h10-13,16-31,33H,7-9,14-15H2,1-6H3/q+1/i33D. The molecule has 4 heteroatoms. The van der Waals surface area contributed by atoms with Crippen LogP contribution in [0.5, 0.6) is 0 Å². The molecule has 0 radical (unpaired) electrons. The summed E-state index contributed by atoms with van der Waals surface area (Å²) in [5.41, 5.74) is 15.3. The number of para-hydroxylation sites is 4. The van der Waals surface area contributed by atoms with E-state index in [0.29, 0.717) is 11.8 Å². The number of benzene rings is 6. The molecule has 0 saturated heterocycles. The molecule has 3 aromatic heterocycles. The summed E-state index contributed by atoms with van der Waals surface area (Å²) < 4.78 is 27.8. The van der Waals surface area contributed by atoms with E-state index in [-0.39, 0.29) is 0 Å². The Labute approximate surface area is 324 Å². The zero-order valence-electron chi connectivity index (χ0n) is 33.8. The van der Waals surface area contributed by atoms with Gasteiger partial charge in [0.2, 0.25) is 0 Å². The fourth-order valence-electron chi connectivity index (χ4n) is 9.49. The van der Waals surface area contributed by atoms with Crippen LogP contribution in [0.3, 0.4) is 0 Å². The molecule has 0 amide bonds. The van der Waals surface area contributed by atoms with E-state index in [1.54, 1.807) is 0 Å². The maximum Gasteiger partial charge on any atom is 0.299 e. The fourth-order valence-corrected chi connectivity index (χ4v) is 9.49. The number of nitrogens with zero attached hydrogens (tertiary/aromatic N) is 2. The smallest absolute Gasteiger partial charge is 0.299 e. The molecule has 4 nitrogen and oxygen atoms in total. The fraction of sp³-hybridized carbons (Fsp3) is 0.275. The highest BCUT2D eigenvalue weighted by molar-refractivity contribution is 6.11. The Morgan fingerprint density at radius 1 is 0.655 bits per heavy atom. The van der Waals surface area contributed by atoms with Crippen molar-refractivity contribution in [3.8, 4) is 28.2 Å². The van der Waals surface area contributed by atoms with E-state index >= 15 is 0 Å². The zero-order valence-corrected chi connectivity index (χ0v) is 32.8. The van der Waals surface area contributed by atoms with E-state index in [0.717, 1.165) is 97.6 Å². The van der Waals surface area contributed by atoms with E-state index in [1.165, 1.54) is 39.8 Å². The summed E-state index contributed by atoms with van der Waals surface area (Å²) in [6.45, 7) is 11.4. The molecule has 9 aromatic rings. The van der Waals surface area contributed by atoms with Crippen LogP contribution in [0.15, 0.2) is 118 Å². The molecule has 1 saturated carbocycles. The normalized spacial score (nSPS) is 15.1. The second kappa shape index (κ2) is 13.0. The van der Waals surface area contributed by atoms with Crippen molar-refractivity contribution in [3.05, 3.63) is 131 Å². The number of aryl methyl sites for hydroxylation is 2. The second-order valence-corrected chi connectivity index (χ2v) is 16.4. The van der Waals surface area contributed by atoms with Gasteiger partial charge >= 0.3 is 0 Å². The first-order valence-corrected chi connectivity index (χ1v) is 20.2. The summed E-state index contributed by atoms with van der Waals surface area (Å²) in [7, 11) is 2.19. The molecule has 10 rings (SSSR count). The van der Waals surface area contributed by atoms with Crippen LogP contribution in [0, 0.1) is 6.92 Å². The molecule has 0 N–H and O–H groups in total. The van der Waals surface area contributed by atoms with Crippen molar-refractivity contribution in [1.29, 1.82) is 0 Å². The Morgan fingerprint density at radius 2 is 1.33 bits per heavy atom. The molecule has 1 fully saturated rings. The summed E-state index contributed by atoms with van der Waals surface area (Å²) in [5, 5.41) is 4.39. The minimum absolute atomic E-state index is 0.344. The van der Waals surface area contributed by atoms with Crippen LogP contribution in [0.25, 0.3) is 83.1 Å². The van der Waals surface area contributed by atoms with Crippen LogP contribution in [0.1, 0.15) is 101 Å². The first-order valence-electron chi connectivity index (χ1n) is 20.7. The lowest BCUT2D eigenvalue weighted by Gasteiger charge is -2.21. The lowest BCUT2D eigenvalue weighted by atomic mass is 9.83. The third-order valence-electron chi connectivity index (χ3n) is 12.3. The highest BCUT2D eigenvalue weighted by Gasteiger charge is 2.33. The van der Waals surface area contributed by atoms with Gasteiger partial charge in [-0.05, 0) is 96.1 Å². The summed E-state index contributed by atoms with van der Waals surface area (Å²) >= 11 is 0. The van der Waals surface area contributed by atoms with Crippen LogP contribution >= 0.6 is 0 Å². The van der Waals surface area contributed by atoms with Gasteiger partial charge in [-0.15, -0.1) is 0 Å². The number of fused-ring (bicyclic) bond motifs is 7. The van der Waals surface area contributed by atoms with Gasteiger partial charge in [0.25, 0.3) is 5.82 Å². The number of imidazole rings is 1. The van der Waals surface area contributed by atoms with E-state index in [4.69, 9.17) is 8.83 Å². The molecule has 274 valence electrons. The molecule has 6 aromatic carbocycles. The lowest BCUT2D eigenvalue weighted by molar-refractivity contribution is -0.633. The Morgan fingerprint density at radius 3 is 2.11 bits per heavy atom. The molecule has 55 heavy (non-hydrogen) atoms. The molecule has 0 aliphatic heterocycles. The van der Waals surface area contributed by atoms with Crippen LogP contribution in [-0.4, -0.2) is 4.57 Å². The van der Waals surface area contributed by atoms with Crippen molar-refractivity contribution in [3.63, 3.8) is 0 Å². The molecule has 0 unspecified atom stereocenters. The topological polar surface area (TPSA) is 35.1 Å². The van der Waals surface area contributed by atoms with E-state index in [1.807, 2.05) is 0 Å². The third-order valence-corrected chi connectivity index (χ3v) is 12.3. The van der Waals surface area contributed by atoms with Crippen molar-refractivity contribution in [2.24, 2.45) is 7.05 Å². The van der Waals surface area contributed by atoms with Gasteiger partial charge in [0.15, 0.2) is 16.6 Å². The lowest BCUT2D eigenvalue weighted by Crippen LogP contribution is -2.30. The van der Waals surface area contributed by atoms with Crippen molar-refractivity contribution < 1.29 is 14.8 Å². The second-order valence-electron chi connectivity index (χ2n) is 16.4. The molecule has 0 bridgehead atoms. The highest BCUT2D eigenvalue weighted by atomic mass is 16.3. The number of rotatable bonds is 6. The molecular weight excluding hydrogens is 673 g/mol. The number of aromatic nitrogens is 2. The number of hydrogen-bond donors (Lipinski definition) is 0. The summed E-state index contributed by atoms with van der Waals surface area (Å²) in [5.74, 6) is 1.22. The summed E-state index contributed by atoms with van der Waals surface area (Å²) in [6.07, 6.45) is 5.19. The summed E-state index contributed by atoms with van der Waals surface area (Å²) in [4.78, 5) is 0. The maximum absolute atomic E-state index is 9.37. The minimum atomic E-state index is -0.585. The Kier molecular flexibility index (Phi) is 7.76. The average Bonchev–Trinajstić information content (AvgIpc) is 3.86. The van der Waals surface area contributed by atoms with Crippen molar-refractivity contribution in [1.82, 2.24) is 4.57 Å². The van der Waals surface area contributed by atoms with Gasteiger partial charge < -0.3 is 8.83 Å². The van der Waals surface area contributed by atoms with Gasteiger partial charge in [-0.3, -0.25) is 0 Å². The van der Waals surface area contributed by atoms with Crippen LogP contribution in [-0.2, 0) is 7.05 Å². The molecule has 1 aliphatic carbocycles. The first kappa shape index (κ1) is 32.8. The van der Waals surface area contributed by atoms with Crippen molar-refractivity contribution in [2.45, 2.75) is 84.5 Å².